The number of nitrogens with zero attached hydrogens (tertiary/aromatic N) is 4. The molecule has 0 spiro atoms. The smallest absolute Gasteiger partial charge is 0.191 e. The van der Waals surface area contributed by atoms with Crippen LogP contribution in [0.4, 0.5) is 5.82 Å². The van der Waals surface area contributed by atoms with E-state index in [1.165, 1.54) is 5.56 Å². The van der Waals surface area contributed by atoms with Crippen LogP contribution in [-0.2, 0) is 13.1 Å². The second-order valence-electron chi connectivity index (χ2n) is 7.17. The minimum atomic E-state index is 0.609. The summed E-state index contributed by atoms with van der Waals surface area (Å²) in [6, 6.07) is 12.1. The highest BCUT2D eigenvalue weighted by atomic mass is 16.5. The highest BCUT2D eigenvalue weighted by Gasteiger charge is 2.17. The molecule has 3 rings (SSSR count). The van der Waals surface area contributed by atoms with Crippen molar-refractivity contribution in [3.63, 3.8) is 0 Å². The molecule has 0 amide bonds. The molecule has 1 aliphatic heterocycles. The highest BCUT2D eigenvalue weighted by molar-refractivity contribution is 5.79. The lowest BCUT2D eigenvalue weighted by atomic mass is 10.2. The van der Waals surface area contributed by atoms with Gasteiger partial charge >= 0.3 is 0 Å². The minimum Gasteiger partial charge on any atom is -0.497 e. The zero-order valence-electron chi connectivity index (χ0n) is 17.7. The molecule has 7 heteroatoms. The predicted octanol–water partition coefficient (Wildman–Crippen LogP) is 2.10. The van der Waals surface area contributed by atoms with E-state index in [-0.39, 0.29) is 0 Å². The maximum absolute atomic E-state index is 5.21. The molecule has 1 aliphatic rings. The fourth-order valence-electron chi connectivity index (χ4n) is 3.29. The number of rotatable bonds is 7. The van der Waals surface area contributed by atoms with E-state index in [2.05, 4.69) is 45.5 Å². The Labute approximate surface area is 173 Å². The lowest BCUT2D eigenvalue weighted by Crippen LogP contribution is -2.45. The first-order chi connectivity index (χ1) is 14.2. The van der Waals surface area contributed by atoms with Crippen LogP contribution in [0.5, 0.6) is 5.75 Å². The third-order valence-corrected chi connectivity index (χ3v) is 5.04. The van der Waals surface area contributed by atoms with Crippen LogP contribution in [0.25, 0.3) is 0 Å². The molecule has 7 nitrogen and oxygen atoms in total. The number of hydrogen-bond donors (Lipinski definition) is 2. The van der Waals surface area contributed by atoms with Gasteiger partial charge in [-0.15, -0.1) is 0 Å². The minimum absolute atomic E-state index is 0.609. The molecular formula is C22H32N6O. The Morgan fingerprint density at radius 1 is 1.10 bits per heavy atom. The Hall–Kier alpha value is -2.80. The van der Waals surface area contributed by atoms with Gasteiger partial charge in [-0.05, 0) is 37.7 Å². The van der Waals surface area contributed by atoms with E-state index < -0.39 is 0 Å². The number of guanidine groups is 1. The van der Waals surface area contributed by atoms with Crippen LogP contribution in [0.3, 0.4) is 0 Å². The number of methoxy groups -OCH3 is 1. The molecule has 0 saturated carbocycles. The molecule has 1 fully saturated rings. The van der Waals surface area contributed by atoms with E-state index in [9.17, 15) is 0 Å². The lowest BCUT2D eigenvalue weighted by molar-refractivity contribution is 0.312. The first-order valence-electron chi connectivity index (χ1n) is 10.2. The molecule has 156 valence electrons. The maximum Gasteiger partial charge on any atom is 0.191 e. The summed E-state index contributed by atoms with van der Waals surface area (Å²) < 4.78 is 5.21. The van der Waals surface area contributed by atoms with Crippen LogP contribution < -0.4 is 20.3 Å². The summed E-state index contributed by atoms with van der Waals surface area (Å²) in [5.74, 6) is 2.73. The van der Waals surface area contributed by atoms with Gasteiger partial charge in [0.1, 0.15) is 11.6 Å². The topological polar surface area (TPSA) is 65.0 Å². The normalized spacial score (nSPS) is 15.3. The number of nitrogens with one attached hydrogen (secondary N) is 2. The van der Waals surface area contributed by atoms with Gasteiger partial charge in [0.15, 0.2) is 5.96 Å². The van der Waals surface area contributed by atoms with Crippen LogP contribution in [0.15, 0.2) is 47.6 Å². The van der Waals surface area contributed by atoms with Gasteiger partial charge in [0.25, 0.3) is 0 Å². The summed E-state index contributed by atoms with van der Waals surface area (Å²) in [6.45, 7) is 8.32. The van der Waals surface area contributed by atoms with E-state index in [0.717, 1.165) is 55.8 Å². The fraction of sp³-hybridized carbons (Fsp3) is 0.455. The number of anilines is 1. The van der Waals surface area contributed by atoms with Crippen molar-refractivity contribution in [3.05, 3.63) is 53.7 Å². The van der Waals surface area contributed by atoms with Gasteiger partial charge in [-0.2, -0.15) is 0 Å². The molecule has 0 radical (unpaired) electrons. The number of benzene rings is 1. The lowest BCUT2D eigenvalue weighted by Gasteiger charge is -2.34. The van der Waals surface area contributed by atoms with Crippen molar-refractivity contribution < 1.29 is 4.74 Å². The van der Waals surface area contributed by atoms with Crippen LogP contribution in [-0.4, -0.2) is 62.7 Å². The molecule has 29 heavy (non-hydrogen) atoms. The Kier molecular flexibility index (Phi) is 7.69. The molecule has 2 heterocycles. The van der Waals surface area contributed by atoms with Gasteiger partial charge in [-0.3, -0.25) is 0 Å². The molecule has 1 saturated heterocycles. The number of ether oxygens (including phenoxy) is 1. The molecule has 0 unspecified atom stereocenters. The van der Waals surface area contributed by atoms with Crippen LogP contribution in [0, 0.1) is 0 Å². The Balaban J connectivity index is 1.64. The molecular weight excluding hydrogens is 364 g/mol. The quantitative estimate of drug-likeness (QED) is 0.552. The Morgan fingerprint density at radius 3 is 2.55 bits per heavy atom. The second kappa shape index (κ2) is 10.7. The van der Waals surface area contributed by atoms with E-state index in [0.29, 0.717) is 13.1 Å². The molecule has 1 aromatic carbocycles. The second-order valence-corrected chi connectivity index (χ2v) is 7.17. The van der Waals surface area contributed by atoms with Gasteiger partial charge in [0.05, 0.1) is 13.7 Å². The summed E-state index contributed by atoms with van der Waals surface area (Å²) in [7, 11) is 3.84. The molecule has 1 aromatic heterocycles. The summed E-state index contributed by atoms with van der Waals surface area (Å²) in [4.78, 5) is 14.1. The first-order valence-corrected chi connectivity index (χ1v) is 10.2. The first kappa shape index (κ1) is 20.9. The maximum atomic E-state index is 5.21. The Bertz CT molecular complexity index is 784. The number of piperazine rings is 1. The number of pyridine rings is 1. The third kappa shape index (κ3) is 6.09. The molecule has 0 bridgehead atoms. The van der Waals surface area contributed by atoms with Crippen LogP contribution in [0.1, 0.15) is 18.1 Å². The largest absolute Gasteiger partial charge is 0.497 e. The van der Waals surface area contributed by atoms with Crippen LogP contribution >= 0.6 is 0 Å². The summed E-state index contributed by atoms with van der Waals surface area (Å²) in [6.07, 6.45) is 1.88. The molecule has 2 N–H and O–H groups in total. The van der Waals surface area contributed by atoms with Gasteiger partial charge in [0.2, 0.25) is 0 Å². The van der Waals surface area contributed by atoms with Gasteiger partial charge in [-0.25, -0.2) is 9.98 Å². The van der Waals surface area contributed by atoms with Gasteiger partial charge < -0.3 is 25.2 Å². The third-order valence-electron chi connectivity index (χ3n) is 5.04. The van der Waals surface area contributed by atoms with Crippen molar-refractivity contribution in [1.29, 1.82) is 0 Å². The van der Waals surface area contributed by atoms with Crippen molar-refractivity contribution >= 4 is 11.8 Å². The van der Waals surface area contributed by atoms with E-state index >= 15 is 0 Å². The van der Waals surface area contributed by atoms with Crippen molar-refractivity contribution in [2.45, 2.75) is 20.0 Å². The van der Waals surface area contributed by atoms with Crippen molar-refractivity contribution in [1.82, 2.24) is 20.5 Å². The summed E-state index contributed by atoms with van der Waals surface area (Å²) in [5, 5.41) is 6.78. The number of likely N-dealkylation sites (N-methyl/N-ethyl adjacent to an activating group) is 1. The SMILES string of the molecule is CCNC(=NCc1ccc(OC)cc1)NCc1cccnc1N1CCN(C)CC1. The number of aliphatic imine (C=N–C) groups is 1. The monoisotopic (exact) mass is 396 g/mol. The number of aromatic nitrogens is 1. The van der Waals surface area contributed by atoms with Crippen molar-refractivity contribution in [2.24, 2.45) is 4.99 Å². The standard InChI is InChI=1S/C22H32N6O/c1-4-23-22(25-16-18-7-9-20(29-3)10-8-18)26-17-19-6-5-11-24-21(19)28-14-12-27(2)13-15-28/h5-11H,4,12-17H2,1-3H3,(H2,23,25,26). The average molecular weight is 397 g/mol. The van der Waals surface area contributed by atoms with E-state index in [4.69, 9.17) is 9.73 Å². The zero-order chi connectivity index (χ0) is 20.5. The Morgan fingerprint density at radius 2 is 1.86 bits per heavy atom. The molecule has 0 atom stereocenters. The molecule has 2 aromatic rings. The van der Waals surface area contributed by atoms with E-state index in [1.807, 2.05) is 36.5 Å². The van der Waals surface area contributed by atoms with Crippen molar-refractivity contribution in [3.8, 4) is 5.75 Å². The van der Waals surface area contributed by atoms with Crippen molar-refractivity contribution in [2.75, 3.05) is 51.8 Å². The fourth-order valence-corrected chi connectivity index (χ4v) is 3.29. The average Bonchev–Trinajstić information content (AvgIpc) is 2.77. The molecule has 0 aliphatic carbocycles. The van der Waals surface area contributed by atoms with E-state index in [1.54, 1.807) is 7.11 Å². The van der Waals surface area contributed by atoms with Gasteiger partial charge in [-0.1, -0.05) is 18.2 Å². The summed E-state index contributed by atoms with van der Waals surface area (Å²) >= 11 is 0. The van der Waals surface area contributed by atoms with Crippen LogP contribution in [0.2, 0.25) is 0 Å². The number of hydrogen-bond acceptors (Lipinski definition) is 5. The zero-order valence-corrected chi connectivity index (χ0v) is 17.7. The highest BCUT2D eigenvalue weighted by Crippen LogP contribution is 2.18. The predicted molar refractivity (Wildman–Crippen MR) is 119 cm³/mol. The van der Waals surface area contributed by atoms with Gasteiger partial charge in [0, 0.05) is 51.0 Å². The summed E-state index contributed by atoms with van der Waals surface area (Å²) in [5.41, 5.74) is 2.33.